The van der Waals surface area contributed by atoms with Crippen LogP contribution in [0.15, 0.2) is 72.8 Å². The van der Waals surface area contributed by atoms with Crippen molar-refractivity contribution in [1.82, 2.24) is 14.5 Å². The van der Waals surface area contributed by atoms with Crippen molar-refractivity contribution in [3.8, 4) is 11.5 Å². The van der Waals surface area contributed by atoms with Crippen molar-refractivity contribution in [3.63, 3.8) is 0 Å². The summed E-state index contributed by atoms with van der Waals surface area (Å²) in [6.45, 7) is 4.60. The highest BCUT2D eigenvalue weighted by atomic mass is 19.1. The van der Waals surface area contributed by atoms with Crippen LogP contribution in [-0.4, -0.2) is 40.1 Å². The molecule has 0 bridgehead atoms. The maximum atomic E-state index is 13.3. The van der Waals surface area contributed by atoms with E-state index in [1.165, 1.54) is 12.1 Å². The Hall–Kier alpha value is -3.87. The third-order valence-electron chi connectivity index (χ3n) is 6.27. The van der Waals surface area contributed by atoms with Crippen LogP contribution in [0.25, 0.3) is 11.0 Å². The van der Waals surface area contributed by atoms with Gasteiger partial charge in [0.2, 0.25) is 5.91 Å². The van der Waals surface area contributed by atoms with Gasteiger partial charge < -0.3 is 18.9 Å². The highest BCUT2D eigenvalue weighted by Crippen LogP contribution is 2.32. The van der Waals surface area contributed by atoms with Crippen LogP contribution < -0.4 is 9.47 Å². The second-order valence-electron chi connectivity index (χ2n) is 8.64. The minimum Gasteiger partial charge on any atom is -0.490 e. The van der Waals surface area contributed by atoms with Crippen molar-refractivity contribution < 1.29 is 18.7 Å². The molecule has 180 valence electrons. The molecule has 0 N–H and O–H groups in total. The molecule has 1 unspecified atom stereocenters. The molecule has 1 aliphatic heterocycles. The van der Waals surface area contributed by atoms with Gasteiger partial charge in [-0.25, -0.2) is 9.37 Å². The lowest BCUT2D eigenvalue weighted by atomic mass is 10.1. The van der Waals surface area contributed by atoms with E-state index in [-0.39, 0.29) is 17.6 Å². The lowest BCUT2D eigenvalue weighted by Gasteiger charge is -2.18. The molecular weight excluding hydrogens is 445 g/mol. The quantitative estimate of drug-likeness (QED) is 0.337. The normalized spacial score (nSPS) is 15.7. The van der Waals surface area contributed by atoms with Crippen LogP contribution >= 0.6 is 0 Å². The summed E-state index contributed by atoms with van der Waals surface area (Å²) in [6, 6.07) is 22.0. The zero-order chi connectivity index (χ0) is 24.2. The van der Waals surface area contributed by atoms with Crippen LogP contribution in [0.5, 0.6) is 11.5 Å². The molecule has 0 aliphatic carbocycles. The molecule has 1 amide bonds. The first-order valence-electron chi connectivity index (χ1n) is 11.9. The van der Waals surface area contributed by atoms with Crippen LogP contribution in [-0.2, 0) is 17.9 Å². The third-order valence-corrected chi connectivity index (χ3v) is 6.27. The van der Waals surface area contributed by atoms with Gasteiger partial charge >= 0.3 is 0 Å². The fourth-order valence-electron chi connectivity index (χ4n) is 4.64. The number of nitrogens with zero attached hydrogens (tertiary/aromatic N) is 3. The number of imidazole rings is 1. The summed E-state index contributed by atoms with van der Waals surface area (Å²) >= 11 is 0. The zero-order valence-corrected chi connectivity index (χ0v) is 19.7. The fraction of sp³-hybridized carbons (Fsp3) is 0.286. The summed E-state index contributed by atoms with van der Waals surface area (Å²) in [7, 11) is 0. The Morgan fingerprint density at radius 2 is 1.69 bits per heavy atom. The first kappa shape index (κ1) is 22.9. The molecule has 1 aromatic heterocycles. The lowest BCUT2D eigenvalue weighted by Crippen LogP contribution is -2.24. The molecule has 7 heteroatoms. The summed E-state index contributed by atoms with van der Waals surface area (Å²) in [5.74, 6) is 2.11. The SMILES string of the molecule is CCOc1ccccc1OCCn1c(C2CC(=O)N(Cc3ccc(F)cc3)C2)nc2ccccc21. The number of carbonyl (C=O) groups excluding carboxylic acids is 1. The van der Waals surface area contributed by atoms with E-state index >= 15 is 0 Å². The summed E-state index contributed by atoms with van der Waals surface area (Å²) in [6.07, 6.45) is 0.401. The summed E-state index contributed by atoms with van der Waals surface area (Å²) in [5.41, 5.74) is 2.84. The van der Waals surface area contributed by atoms with E-state index in [2.05, 4.69) is 4.57 Å². The Bertz CT molecular complexity index is 1320. The number of amides is 1. The van der Waals surface area contributed by atoms with E-state index in [9.17, 15) is 9.18 Å². The number of halogens is 1. The number of hydrogen-bond donors (Lipinski definition) is 0. The van der Waals surface area contributed by atoms with Crippen LogP contribution in [0.2, 0.25) is 0 Å². The molecule has 6 nitrogen and oxygen atoms in total. The maximum Gasteiger partial charge on any atom is 0.223 e. The number of aromatic nitrogens is 2. The van der Waals surface area contributed by atoms with Crippen molar-refractivity contribution in [3.05, 3.63) is 90.0 Å². The minimum absolute atomic E-state index is 0.0222. The molecule has 2 heterocycles. The van der Waals surface area contributed by atoms with E-state index in [1.807, 2.05) is 60.4 Å². The lowest BCUT2D eigenvalue weighted by molar-refractivity contribution is -0.128. The van der Waals surface area contributed by atoms with Crippen LogP contribution in [0, 0.1) is 5.82 Å². The van der Waals surface area contributed by atoms with Crippen LogP contribution in [0.4, 0.5) is 4.39 Å². The van der Waals surface area contributed by atoms with Gasteiger partial charge in [0.15, 0.2) is 11.5 Å². The van der Waals surface area contributed by atoms with Gasteiger partial charge in [-0.05, 0) is 48.9 Å². The predicted octanol–water partition coefficient (Wildman–Crippen LogP) is 5.17. The Balaban J connectivity index is 1.34. The van der Waals surface area contributed by atoms with E-state index in [0.717, 1.165) is 28.2 Å². The second kappa shape index (κ2) is 10.2. The van der Waals surface area contributed by atoms with Crippen LogP contribution in [0.1, 0.15) is 30.7 Å². The van der Waals surface area contributed by atoms with Crippen molar-refractivity contribution in [2.24, 2.45) is 0 Å². The Labute approximate surface area is 203 Å². The smallest absolute Gasteiger partial charge is 0.223 e. The second-order valence-corrected chi connectivity index (χ2v) is 8.64. The van der Waals surface area contributed by atoms with Gasteiger partial charge in [-0.15, -0.1) is 0 Å². The number of rotatable bonds is 9. The van der Waals surface area contributed by atoms with Crippen molar-refractivity contribution in [2.45, 2.75) is 32.4 Å². The van der Waals surface area contributed by atoms with Gasteiger partial charge in [-0.3, -0.25) is 4.79 Å². The molecular formula is C28H28FN3O3. The highest BCUT2D eigenvalue weighted by molar-refractivity contribution is 5.81. The third kappa shape index (κ3) is 4.99. The number of para-hydroxylation sites is 4. The molecule has 35 heavy (non-hydrogen) atoms. The molecule has 5 rings (SSSR count). The summed E-state index contributed by atoms with van der Waals surface area (Å²) < 4.78 is 27.2. The van der Waals surface area contributed by atoms with E-state index in [1.54, 1.807) is 12.1 Å². The minimum atomic E-state index is -0.279. The molecule has 1 aliphatic rings. The van der Waals surface area contributed by atoms with Crippen molar-refractivity contribution in [1.29, 1.82) is 0 Å². The monoisotopic (exact) mass is 473 g/mol. The fourth-order valence-corrected chi connectivity index (χ4v) is 4.64. The molecule has 3 aromatic carbocycles. The van der Waals surface area contributed by atoms with Gasteiger partial charge in [0.25, 0.3) is 0 Å². The average molecular weight is 474 g/mol. The molecule has 0 radical (unpaired) electrons. The number of fused-ring (bicyclic) bond motifs is 1. The number of carbonyl (C=O) groups is 1. The Kier molecular flexibility index (Phi) is 6.66. The van der Waals surface area contributed by atoms with Gasteiger partial charge in [-0.2, -0.15) is 0 Å². The standard InChI is InChI=1S/C28H28FN3O3/c1-2-34-25-9-5-6-10-26(25)35-16-15-32-24-8-4-3-7-23(24)30-28(32)21-17-27(33)31(19-21)18-20-11-13-22(29)14-12-20/h3-14,21H,2,15-19H2,1H3. The summed E-state index contributed by atoms with van der Waals surface area (Å²) in [4.78, 5) is 19.6. The number of benzene rings is 3. The highest BCUT2D eigenvalue weighted by Gasteiger charge is 2.34. The number of likely N-dealkylation sites (tertiary alicyclic amines) is 1. The number of hydrogen-bond acceptors (Lipinski definition) is 4. The Morgan fingerprint density at radius 3 is 2.46 bits per heavy atom. The van der Waals surface area contributed by atoms with Gasteiger partial charge in [-0.1, -0.05) is 36.4 Å². The van der Waals surface area contributed by atoms with Gasteiger partial charge in [0, 0.05) is 25.4 Å². The molecule has 0 spiro atoms. The summed E-state index contributed by atoms with van der Waals surface area (Å²) in [5, 5.41) is 0. The molecule has 4 aromatic rings. The van der Waals surface area contributed by atoms with E-state index in [0.29, 0.717) is 45.0 Å². The molecule has 1 saturated heterocycles. The molecule has 0 saturated carbocycles. The van der Waals surface area contributed by atoms with E-state index < -0.39 is 0 Å². The topological polar surface area (TPSA) is 56.6 Å². The van der Waals surface area contributed by atoms with Crippen molar-refractivity contribution >= 4 is 16.9 Å². The van der Waals surface area contributed by atoms with E-state index in [4.69, 9.17) is 14.5 Å². The zero-order valence-electron chi connectivity index (χ0n) is 19.7. The molecule has 1 fully saturated rings. The first-order chi connectivity index (χ1) is 17.1. The average Bonchev–Trinajstić information content (AvgIpc) is 3.42. The van der Waals surface area contributed by atoms with Crippen LogP contribution in [0.3, 0.4) is 0 Å². The largest absolute Gasteiger partial charge is 0.490 e. The maximum absolute atomic E-state index is 13.3. The number of ether oxygens (including phenoxy) is 2. The van der Waals surface area contributed by atoms with Gasteiger partial charge in [0.1, 0.15) is 18.2 Å². The first-order valence-corrected chi connectivity index (χ1v) is 11.9. The predicted molar refractivity (Wildman–Crippen MR) is 132 cm³/mol. The molecule has 1 atom stereocenters. The van der Waals surface area contributed by atoms with Gasteiger partial charge in [0.05, 0.1) is 24.2 Å². The Morgan fingerprint density at radius 1 is 0.971 bits per heavy atom. The van der Waals surface area contributed by atoms with Crippen molar-refractivity contribution in [2.75, 3.05) is 19.8 Å².